The molecule has 1 aromatic carbocycles. The maximum absolute atomic E-state index is 11.9. The van der Waals surface area contributed by atoms with Crippen molar-refractivity contribution in [3.8, 4) is 0 Å². The molecule has 0 saturated heterocycles. The molecule has 0 radical (unpaired) electrons. The Morgan fingerprint density at radius 1 is 1.39 bits per heavy atom. The Morgan fingerprint density at radius 2 is 2.17 bits per heavy atom. The normalized spacial score (nSPS) is 13.4. The standard InChI is InChI=1S/C14H21N3O/c1-3-17(4-2)14(18)16-12-8-7-11-6-5-9-15-13(11)10-12/h7-8,10,15H,3-6,9H2,1-2H3,(H,16,18). The molecule has 0 bridgehead atoms. The molecule has 0 atom stereocenters. The molecular weight excluding hydrogens is 226 g/mol. The van der Waals surface area contributed by atoms with E-state index >= 15 is 0 Å². The highest BCUT2D eigenvalue weighted by Gasteiger charge is 2.12. The number of carbonyl (C=O) groups excluding carboxylic acids is 1. The molecule has 0 unspecified atom stereocenters. The number of carbonyl (C=O) groups is 1. The van der Waals surface area contributed by atoms with E-state index in [2.05, 4.69) is 16.7 Å². The highest BCUT2D eigenvalue weighted by Crippen LogP contribution is 2.25. The van der Waals surface area contributed by atoms with E-state index in [-0.39, 0.29) is 6.03 Å². The van der Waals surface area contributed by atoms with Gasteiger partial charge in [-0.05, 0) is 44.4 Å². The first-order valence-electron chi connectivity index (χ1n) is 6.67. The third-order valence-electron chi connectivity index (χ3n) is 3.35. The minimum absolute atomic E-state index is 0.0317. The van der Waals surface area contributed by atoms with E-state index in [0.717, 1.165) is 37.4 Å². The number of anilines is 2. The van der Waals surface area contributed by atoms with E-state index in [4.69, 9.17) is 0 Å². The van der Waals surface area contributed by atoms with Gasteiger partial charge in [0.25, 0.3) is 0 Å². The molecule has 0 aliphatic carbocycles. The van der Waals surface area contributed by atoms with Gasteiger partial charge in [-0.1, -0.05) is 6.07 Å². The molecule has 0 saturated carbocycles. The van der Waals surface area contributed by atoms with Crippen LogP contribution in [0.4, 0.5) is 16.2 Å². The van der Waals surface area contributed by atoms with E-state index in [1.54, 1.807) is 4.90 Å². The number of fused-ring (bicyclic) bond motifs is 1. The van der Waals surface area contributed by atoms with Crippen LogP contribution in [0.1, 0.15) is 25.8 Å². The second-order valence-electron chi connectivity index (χ2n) is 4.50. The maximum Gasteiger partial charge on any atom is 0.321 e. The molecule has 4 heteroatoms. The van der Waals surface area contributed by atoms with Crippen molar-refractivity contribution in [1.29, 1.82) is 0 Å². The number of hydrogen-bond donors (Lipinski definition) is 2. The molecule has 0 aromatic heterocycles. The van der Waals surface area contributed by atoms with E-state index in [1.165, 1.54) is 12.0 Å². The summed E-state index contributed by atoms with van der Waals surface area (Å²) in [6.07, 6.45) is 2.30. The molecule has 1 heterocycles. The van der Waals surface area contributed by atoms with Gasteiger partial charge in [0.05, 0.1) is 0 Å². The van der Waals surface area contributed by atoms with Gasteiger partial charge >= 0.3 is 6.03 Å². The highest BCUT2D eigenvalue weighted by atomic mass is 16.2. The first kappa shape index (κ1) is 12.7. The van der Waals surface area contributed by atoms with Crippen molar-refractivity contribution in [2.45, 2.75) is 26.7 Å². The number of benzene rings is 1. The smallest absolute Gasteiger partial charge is 0.321 e. The van der Waals surface area contributed by atoms with E-state index < -0.39 is 0 Å². The summed E-state index contributed by atoms with van der Waals surface area (Å²) in [7, 11) is 0. The predicted octanol–water partition coefficient (Wildman–Crippen LogP) is 2.92. The third kappa shape index (κ3) is 2.75. The molecule has 0 fully saturated rings. The molecule has 4 nitrogen and oxygen atoms in total. The van der Waals surface area contributed by atoms with Crippen LogP contribution in [0.2, 0.25) is 0 Å². The first-order valence-corrected chi connectivity index (χ1v) is 6.67. The van der Waals surface area contributed by atoms with Crippen LogP contribution in [0.5, 0.6) is 0 Å². The number of nitrogens with zero attached hydrogens (tertiary/aromatic N) is 1. The predicted molar refractivity (Wildman–Crippen MR) is 75.2 cm³/mol. The summed E-state index contributed by atoms with van der Waals surface area (Å²) < 4.78 is 0. The molecule has 2 N–H and O–H groups in total. The average molecular weight is 247 g/mol. The molecule has 98 valence electrons. The zero-order chi connectivity index (χ0) is 13.0. The Kier molecular flexibility index (Phi) is 4.07. The van der Waals surface area contributed by atoms with Crippen molar-refractivity contribution in [2.75, 3.05) is 30.3 Å². The topological polar surface area (TPSA) is 44.4 Å². The van der Waals surface area contributed by atoms with Gasteiger partial charge in [0.15, 0.2) is 0 Å². The van der Waals surface area contributed by atoms with Gasteiger partial charge in [-0.15, -0.1) is 0 Å². The van der Waals surface area contributed by atoms with Crippen LogP contribution in [0.15, 0.2) is 18.2 Å². The Balaban J connectivity index is 2.08. The summed E-state index contributed by atoms with van der Waals surface area (Å²) in [6.45, 7) is 6.44. The Bertz CT molecular complexity index is 427. The van der Waals surface area contributed by atoms with Gasteiger partial charge in [0.2, 0.25) is 0 Å². The van der Waals surface area contributed by atoms with E-state index in [1.807, 2.05) is 26.0 Å². The number of rotatable bonds is 3. The molecule has 1 aliphatic heterocycles. The maximum atomic E-state index is 11.9. The summed E-state index contributed by atoms with van der Waals surface area (Å²) in [5.41, 5.74) is 3.35. The quantitative estimate of drug-likeness (QED) is 0.862. The van der Waals surface area contributed by atoms with Crippen LogP contribution in [-0.4, -0.2) is 30.6 Å². The monoisotopic (exact) mass is 247 g/mol. The Morgan fingerprint density at radius 3 is 2.89 bits per heavy atom. The fourth-order valence-electron chi connectivity index (χ4n) is 2.25. The first-order chi connectivity index (χ1) is 8.74. The van der Waals surface area contributed by atoms with Crippen LogP contribution < -0.4 is 10.6 Å². The number of nitrogens with one attached hydrogen (secondary N) is 2. The van der Waals surface area contributed by atoms with Crippen LogP contribution in [0.25, 0.3) is 0 Å². The minimum atomic E-state index is -0.0317. The molecule has 2 amide bonds. The molecule has 1 aliphatic rings. The second kappa shape index (κ2) is 5.76. The Labute approximate surface area is 108 Å². The summed E-state index contributed by atoms with van der Waals surface area (Å²) in [6, 6.07) is 6.07. The zero-order valence-electron chi connectivity index (χ0n) is 11.1. The van der Waals surface area contributed by atoms with Crippen LogP contribution in [-0.2, 0) is 6.42 Å². The lowest BCUT2D eigenvalue weighted by Crippen LogP contribution is -2.34. The summed E-state index contributed by atoms with van der Waals surface area (Å²) >= 11 is 0. The van der Waals surface area contributed by atoms with Gasteiger partial charge < -0.3 is 15.5 Å². The Hall–Kier alpha value is -1.71. The van der Waals surface area contributed by atoms with E-state index in [9.17, 15) is 4.79 Å². The van der Waals surface area contributed by atoms with Crippen LogP contribution >= 0.6 is 0 Å². The number of urea groups is 1. The zero-order valence-corrected chi connectivity index (χ0v) is 11.1. The lowest BCUT2D eigenvalue weighted by atomic mass is 10.0. The lowest BCUT2D eigenvalue weighted by Gasteiger charge is -2.21. The van der Waals surface area contributed by atoms with Crippen molar-refractivity contribution < 1.29 is 4.79 Å². The average Bonchev–Trinajstić information content (AvgIpc) is 2.40. The summed E-state index contributed by atoms with van der Waals surface area (Å²) in [4.78, 5) is 13.7. The van der Waals surface area contributed by atoms with Crippen molar-refractivity contribution >= 4 is 17.4 Å². The van der Waals surface area contributed by atoms with Gasteiger partial charge in [-0.2, -0.15) is 0 Å². The second-order valence-corrected chi connectivity index (χ2v) is 4.50. The summed E-state index contributed by atoms with van der Waals surface area (Å²) in [5.74, 6) is 0. The molecule has 0 spiro atoms. The number of hydrogen-bond acceptors (Lipinski definition) is 2. The van der Waals surface area contributed by atoms with E-state index in [0.29, 0.717) is 0 Å². The largest absolute Gasteiger partial charge is 0.385 e. The van der Waals surface area contributed by atoms with Crippen LogP contribution in [0.3, 0.4) is 0 Å². The summed E-state index contributed by atoms with van der Waals surface area (Å²) in [5, 5.41) is 6.31. The highest BCUT2D eigenvalue weighted by molar-refractivity contribution is 5.90. The van der Waals surface area contributed by atoms with Crippen molar-refractivity contribution in [3.05, 3.63) is 23.8 Å². The molecular formula is C14H21N3O. The number of aryl methyl sites for hydroxylation is 1. The lowest BCUT2D eigenvalue weighted by molar-refractivity contribution is 0.217. The minimum Gasteiger partial charge on any atom is -0.385 e. The molecule has 1 aromatic rings. The van der Waals surface area contributed by atoms with Gasteiger partial charge in [-0.3, -0.25) is 0 Å². The van der Waals surface area contributed by atoms with Crippen LogP contribution in [0, 0.1) is 0 Å². The SMILES string of the molecule is CCN(CC)C(=O)Nc1ccc2c(c1)NCCC2. The molecule has 2 rings (SSSR count). The van der Waals surface area contributed by atoms with Gasteiger partial charge in [0.1, 0.15) is 0 Å². The number of amides is 2. The van der Waals surface area contributed by atoms with Gasteiger partial charge in [-0.25, -0.2) is 4.79 Å². The van der Waals surface area contributed by atoms with Crippen molar-refractivity contribution in [2.24, 2.45) is 0 Å². The van der Waals surface area contributed by atoms with Crippen molar-refractivity contribution in [3.63, 3.8) is 0 Å². The molecule has 18 heavy (non-hydrogen) atoms. The fourth-order valence-corrected chi connectivity index (χ4v) is 2.25. The third-order valence-corrected chi connectivity index (χ3v) is 3.35. The fraction of sp³-hybridized carbons (Fsp3) is 0.500. The van der Waals surface area contributed by atoms with Gasteiger partial charge in [0, 0.05) is 31.0 Å². The van der Waals surface area contributed by atoms with Crippen molar-refractivity contribution in [1.82, 2.24) is 4.90 Å².